The van der Waals surface area contributed by atoms with Crippen LogP contribution in [0, 0.1) is 0 Å². The number of aromatic amines is 1. The van der Waals surface area contributed by atoms with Crippen molar-refractivity contribution in [1.29, 1.82) is 0 Å². The van der Waals surface area contributed by atoms with E-state index in [0.29, 0.717) is 12.0 Å². The summed E-state index contributed by atoms with van der Waals surface area (Å²) in [5.74, 6) is 0.622. The lowest BCUT2D eigenvalue weighted by molar-refractivity contribution is 0.389. The van der Waals surface area contributed by atoms with Gasteiger partial charge in [-0.1, -0.05) is 6.42 Å². The highest BCUT2D eigenvalue weighted by atomic mass is 14.9. The third-order valence-corrected chi connectivity index (χ3v) is 2.67. The Labute approximate surface area is 72.4 Å². The molecule has 0 spiro atoms. The first-order valence-corrected chi connectivity index (χ1v) is 4.60. The summed E-state index contributed by atoms with van der Waals surface area (Å²) in [4.78, 5) is 7.19. The number of hydrogen-bond acceptors (Lipinski definition) is 2. The van der Waals surface area contributed by atoms with Gasteiger partial charge in [-0.15, -0.1) is 0 Å². The van der Waals surface area contributed by atoms with Crippen LogP contribution in [0.5, 0.6) is 0 Å². The van der Waals surface area contributed by atoms with E-state index in [1.807, 2.05) is 6.20 Å². The Morgan fingerprint density at radius 2 is 2.42 bits per heavy atom. The third-order valence-electron chi connectivity index (χ3n) is 2.67. The lowest BCUT2D eigenvalue weighted by atomic mass is 9.84. The Kier molecular flexibility index (Phi) is 2.13. The summed E-state index contributed by atoms with van der Waals surface area (Å²) in [5.41, 5.74) is 7.15. The van der Waals surface area contributed by atoms with Gasteiger partial charge in [0.2, 0.25) is 0 Å². The van der Waals surface area contributed by atoms with Crippen molar-refractivity contribution < 1.29 is 0 Å². The molecular weight excluding hydrogens is 150 g/mol. The van der Waals surface area contributed by atoms with E-state index in [4.69, 9.17) is 5.73 Å². The minimum Gasteiger partial charge on any atom is -0.348 e. The summed E-state index contributed by atoms with van der Waals surface area (Å²) >= 11 is 0. The lowest BCUT2D eigenvalue weighted by Gasteiger charge is -2.25. The van der Waals surface area contributed by atoms with Crippen molar-refractivity contribution in [3.63, 3.8) is 0 Å². The second-order valence-electron chi connectivity index (χ2n) is 3.63. The minimum absolute atomic E-state index is 0.395. The Bertz CT molecular complexity index is 230. The van der Waals surface area contributed by atoms with Crippen molar-refractivity contribution in [2.45, 2.75) is 37.6 Å². The Morgan fingerprint density at radius 3 is 3.08 bits per heavy atom. The molecule has 3 nitrogen and oxygen atoms in total. The number of aromatic nitrogens is 2. The molecule has 0 bridgehead atoms. The van der Waals surface area contributed by atoms with Crippen LogP contribution in [0.1, 0.15) is 37.3 Å². The van der Waals surface area contributed by atoms with Gasteiger partial charge < -0.3 is 10.7 Å². The van der Waals surface area contributed by atoms with Crippen molar-refractivity contribution in [2.24, 2.45) is 5.73 Å². The summed E-state index contributed by atoms with van der Waals surface area (Å²) in [5, 5.41) is 0. The molecule has 0 saturated heterocycles. The maximum atomic E-state index is 5.90. The fourth-order valence-electron chi connectivity index (χ4n) is 2.00. The Morgan fingerprint density at radius 1 is 1.50 bits per heavy atom. The summed E-state index contributed by atoms with van der Waals surface area (Å²) in [7, 11) is 0. The normalized spacial score (nSPS) is 30.4. The molecule has 0 amide bonds. The first-order chi connectivity index (χ1) is 5.86. The molecule has 0 radical (unpaired) electrons. The zero-order valence-electron chi connectivity index (χ0n) is 7.16. The molecule has 1 aliphatic rings. The van der Waals surface area contributed by atoms with Crippen molar-refractivity contribution in [1.82, 2.24) is 9.97 Å². The van der Waals surface area contributed by atoms with E-state index in [9.17, 15) is 0 Å². The molecule has 2 rings (SSSR count). The predicted octanol–water partition coefficient (Wildman–Crippen LogP) is 1.39. The molecule has 3 heteroatoms. The summed E-state index contributed by atoms with van der Waals surface area (Å²) in [6.07, 6.45) is 8.48. The van der Waals surface area contributed by atoms with E-state index in [1.54, 1.807) is 6.33 Å². The van der Waals surface area contributed by atoms with Crippen LogP contribution in [0.2, 0.25) is 0 Å². The van der Waals surface area contributed by atoms with Gasteiger partial charge >= 0.3 is 0 Å². The molecule has 1 aromatic heterocycles. The van der Waals surface area contributed by atoms with Gasteiger partial charge in [-0.2, -0.15) is 0 Å². The molecule has 3 N–H and O–H groups in total. The van der Waals surface area contributed by atoms with Crippen molar-refractivity contribution in [3.8, 4) is 0 Å². The molecule has 12 heavy (non-hydrogen) atoms. The van der Waals surface area contributed by atoms with Gasteiger partial charge in [-0.05, 0) is 19.3 Å². The molecule has 1 saturated carbocycles. The predicted molar refractivity (Wildman–Crippen MR) is 47.8 cm³/mol. The lowest BCUT2D eigenvalue weighted by Crippen LogP contribution is -2.26. The third kappa shape index (κ3) is 1.50. The van der Waals surface area contributed by atoms with E-state index >= 15 is 0 Å². The molecule has 1 aliphatic carbocycles. The molecular formula is C9H15N3. The monoisotopic (exact) mass is 165 g/mol. The van der Waals surface area contributed by atoms with Gasteiger partial charge in [-0.3, -0.25) is 0 Å². The summed E-state index contributed by atoms with van der Waals surface area (Å²) < 4.78 is 0. The molecule has 1 aromatic rings. The maximum Gasteiger partial charge on any atom is 0.0921 e. The highest BCUT2D eigenvalue weighted by molar-refractivity contribution is 5.05. The Balaban J connectivity index is 2.04. The molecule has 1 fully saturated rings. The Hall–Kier alpha value is -0.830. The average Bonchev–Trinajstić information content (AvgIpc) is 2.56. The van der Waals surface area contributed by atoms with Crippen LogP contribution in [0.15, 0.2) is 12.5 Å². The summed E-state index contributed by atoms with van der Waals surface area (Å²) in [6, 6.07) is 0.395. The average molecular weight is 165 g/mol. The van der Waals surface area contributed by atoms with Crippen molar-refractivity contribution >= 4 is 0 Å². The molecule has 0 aromatic carbocycles. The van der Waals surface area contributed by atoms with Gasteiger partial charge in [0.1, 0.15) is 0 Å². The van der Waals surface area contributed by atoms with Crippen LogP contribution in [-0.2, 0) is 0 Å². The first kappa shape index (κ1) is 7.80. The van der Waals surface area contributed by atoms with Gasteiger partial charge in [0, 0.05) is 23.9 Å². The number of H-pyrrole nitrogens is 1. The molecule has 2 unspecified atom stereocenters. The van der Waals surface area contributed by atoms with Crippen LogP contribution in [-0.4, -0.2) is 16.0 Å². The fraction of sp³-hybridized carbons (Fsp3) is 0.667. The van der Waals surface area contributed by atoms with Gasteiger partial charge in [0.05, 0.1) is 6.33 Å². The molecule has 1 heterocycles. The number of nitrogens with two attached hydrogens (primary N) is 1. The zero-order valence-corrected chi connectivity index (χ0v) is 7.16. The van der Waals surface area contributed by atoms with Crippen LogP contribution in [0.25, 0.3) is 0 Å². The SMILES string of the molecule is NC1CCCC(c2cnc[nH]2)C1. The number of hydrogen-bond donors (Lipinski definition) is 2. The van der Waals surface area contributed by atoms with E-state index in [-0.39, 0.29) is 0 Å². The van der Waals surface area contributed by atoms with Gasteiger partial charge in [-0.25, -0.2) is 4.98 Å². The smallest absolute Gasteiger partial charge is 0.0921 e. The number of imidazole rings is 1. The number of nitrogens with one attached hydrogen (secondary N) is 1. The van der Waals surface area contributed by atoms with E-state index in [0.717, 1.165) is 6.42 Å². The number of nitrogens with zero attached hydrogens (tertiary/aromatic N) is 1. The highest BCUT2D eigenvalue weighted by Crippen LogP contribution is 2.30. The van der Waals surface area contributed by atoms with Crippen LogP contribution < -0.4 is 5.73 Å². The second-order valence-corrected chi connectivity index (χ2v) is 3.63. The van der Waals surface area contributed by atoms with E-state index < -0.39 is 0 Å². The van der Waals surface area contributed by atoms with Gasteiger partial charge in [0.15, 0.2) is 0 Å². The van der Waals surface area contributed by atoms with E-state index in [2.05, 4.69) is 9.97 Å². The number of rotatable bonds is 1. The second kappa shape index (κ2) is 3.27. The van der Waals surface area contributed by atoms with Crippen LogP contribution in [0.3, 0.4) is 0 Å². The van der Waals surface area contributed by atoms with Crippen molar-refractivity contribution in [2.75, 3.05) is 0 Å². The quantitative estimate of drug-likeness (QED) is 0.660. The fourth-order valence-corrected chi connectivity index (χ4v) is 2.00. The first-order valence-electron chi connectivity index (χ1n) is 4.60. The van der Waals surface area contributed by atoms with Crippen molar-refractivity contribution in [3.05, 3.63) is 18.2 Å². The summed E-state index contributed by atoms with van der Waals surface area (Å²) in [6.45, 7) is 0. The van der Waals surface area contributed by atoms with Gasteiger partial charge in [0.25, 0.3) is 0 Å². The molecule has 0 aliphatic heterocycles. The van der Waals surface area contributed by atoms with E-state index in [1.165, 1.54) is 25.0 Å². The standard InChI is InChI=1S/C9H15N3/c10-8-3-1-2-7(4-8)9-5-11-6-12-9/h5-8H,1-4,10H2,(H,11,12). The highest BCUT2D eigenvalue weighted by Gasteiger charge is 2.21. The van der Waals surface area contributed by atoms with Crippen LogP contribution >= 0.6 is 0 Å². The maximum absolute atomic E-state index is 5.90. The largest absolute Gasteiger partial charge is 0.348 e. The van der Waals surface area contributed by atoms with Crippen LogP contribution in [0.4, 0.5) is 0 Å². The topological polar surface area (TPSA) is 54.7 Å². The minimum atomic E-state index is 0.395. The zero-order chi connectivity index (χ0) is 8.39. The molecule has 2 atom stereocenters. The molecule has 66 valence electrons.